The second-order valence-electron chi connectivity index (χ2n) is 4.17. The third kappa shape index (κ3) is 2.99. The Morgan fingerprint density at radius 3 is 2.78 bits per heavy atom. The number of aromatic nitrogens is 2. The first-order chi connectivity index (χ1) is 8.70. The summed E-state index contributed by atoms with van der Waals surface area (Å²) in [6.07, 6.45) is 2.54. The van der Waals surface area contributed by atoms with Crippen molar-refractivity contribution in [1.29, 1.82) is 0 Å². The van der Waals surface area contributed by atoms with E-state index in [1.165, 1.54) is 5.56 Å². The van der Waals surface area contributed by atoms with Crippen LogP contribution < -0.4 is 4.74 Å². The second kappa shape index (κ2) is 5.83. The Hall–Kier alpha value is -1.61. The SMILES string of the molecule is COc1ccccc1CC(C)c1ccnc(Cl)n1. The van der Waals surface area contributed by atoms with Gasteiger partial charge in [-0.05, 0) is 35.7 Å². The molecule has 0 aliphatic heterocycles. The van der Waals surface area contributed by atoms with Crippen LogP contribution >= 0.6 is 11.6 Å². The van der Waals surface area contributed by atoms with E-state index in [0.29, 0.717) is 5.28 Å². The molecule has 0 amide bonds. The first kappa shape index (κ1) is 12.8. The van der Waals surface area contributed by atoms with Crippen molar-refractivity contribution in [3.8, 4) is 5.75 Å². The number of hydrogen-bond donors (Lipinski definition) is 0. The molecular formula is C14H15ClN2O. The van der Waals surface area contributed by atoms with Gasteiger partial charge in [-0.25, -0.2) is 9.97 Å². The molecule has 94 valence electrons. The monoisotopic (exact) mass is 262 g/mol. The van der Waals surface area contributed by atoms with Gasteiger partial charge in [0.15, 0.2) is 0 Å². The summed E-state index contributed by atoms with van der Waals surface area (Å²) in [5.41, 5.74) is 2.11. The summed E-state index contributed by atoms with van der Waals surface area (Å²) in [5.74, 6) is 1.17. The van der Waals surface area contributed by atoms with Gasteiger partial charge in [0, 0.05) is 17.8 Å². The standard InChI is InChI=1S/C14H15ClN2O/c1-10(12-7-8-16-14(15)17-12)9-11-5-3-4-6-13(11)18-2/h3-8,10H,9H2,1-2H3. The lowest BCUT2D eigenvalue weighted by Crippen LogP contribution is -2.03. The van der Waals surface area contributed by atoms with Crippen molar-refractivity contribution in [3.05, 3.63) is 53.1 Å². The summed E-state index contributed by atoms with van der Waals surface area (Å²) < 4.78 is 5.35. The number of nitrogens with zero attached hydrogens (tertiary/aromatic N) is 2. The molecule has 0 fully saturated rings. The van der Waals surface area contributed by atoms with E-state index in [-0.39, 0.29) is 5.92 Å². The van der Waals surface area contributed by atoms with Gasteiger partial charge >= 0.3 is 0 Å². The molecule has 0 bridgehead atoms. The molecular weight excluding hydrogens is 248 g/mol. The number of benzene rings is 1. The van der Waals surface area contributed by atoms with Crippen molar-refractivity contribution in [3.63, 3.8) is 0 Å². The van der Waals surface area contributed by atoms with Crippen molar-refractivity contribution in [1.82, 2.24) is 9.97 Å². The molecule has 4 heteroatoms. The summed E-state index contributed by atoms with van der Waals surface area (Å²) in [4.78, 5) is 8.13. The van der Waals surface area contributed by atoms with Gasteiger partial charge in [-0.2, -0.15) is 0 Å². The van der Waals surface area contributed by atoms with E-state index in [1.54, 1.807) is 13.3 Å². The minimum absolute atomic E-state index is 0.266. The average Bonchev–Trinajstić information content (AvgIpc) is 2.39. The van der Waals surface area contributed by atoms with Crippen LogP contribution in [-0.2, 0) is 6.42 Å². The molecule has 3 nitrogen and oxygen atoms in total. The predicted molar refractivity (Wildman–Crippen MR) is 72.2 cm³/mol. The number of methoxy groups -OCH3 is 1. The Kier molecular flexibility index (Phi) is 4.15. The van der Waals surface area contributed by atoms with Crippen molar-refractivity contribution < 1.29 is 4.74 Å². The fourth-order valence-corrected chi connectivity index (χ4v) is 2.08. The normalized spacial score (nSPS) is 12.2. The average molecular weight is 263 g/mol. The van der Waals surface area contributed by atoms with E-state index < -0.39 is 0 Å². The summed E-state index contributed by atoms with van der Waals surface area (Å²) in [5, 5.41) is 0.291. The van der Waals surface area contributed by atoms with Crippen LogP contribution in [0.4, 0.5) is 0 Å². The van der Waals surface area contributed by atoms with Gasteiger partial charge in [-0.15, -0.1) is 0 Å². The first-order valence-corrected chi connectivity index (χ1v) is 6.19. The van der Waals surface area contributed by atoms with Crippen molar-refractivity contribution in [2.45, 2.75) is 19.3 Å². The topological polar surface area (TPSA) is 35.0 Å². The number of rotatable bonds is 4. The maximum absolute atomic E-state index is 5.80. The van der Waals surface area contributed by atoms with Crippen LogP contribution in [0.5, 0.6) is 5.75 Å². The number of ether oxygens (including phenoxy) is 1. The van der Waals surface area contributed by atoms with Crippen LogP contribution in [0.25, 0.3) is 0 Å². The Morgan fingerprint density at radius 2 is 2.06 bits per heavy atom. The molecule has 0 saturated heterocycles. The smallest absolute Gasteiger partial charge is 0.222 e. The molecule has 0 aliphatic rings. The van der Waals surface area contributed by atoms with Gasteiger partial charge in [-0.3, -0.25) is 0 Å². The van der Waals surface area contributed by atoms with Crippen molar-refractivity contribution in [2.24, 2.45) is 0 Å². The van der Waals surface area contributed by atoms with Crippen LogP contribution in [-0.4, -0.2) is 17.1 Å². The van der Waals surface area contributed by atoms with Crippen LogP contribution in [0.3, 0.4) is 0 Å². The zero-order chi connectivity index (χ0) is 13.0. The van der Waals surface area contributed by atoms with E-state index in [1.807, 2.05) is 24.3 Å². The minimum Gasteiger partial charge on any atom is -0.496 e. The fraction of sp³-hybridized carbons (Fsp3) is 0.286. The van der Waals surface area contributed by atoms with E-state index in [0.717, 1.165) is 17.9 Å². The van der Waals surface area contributed by atoms with Crippen molar-refractivity contribution >= 4 is 11.6 Å². The Labute approximate surface area is 112 Å². The minimum atomic E-state index is 0.266. The van der Waals surface area contributed by atoms with Gasteiger partial charge in [0.25, 0.3) is 0 Å². The zero-order valence-electron chi connectivity index (χ0n) is 10.4. The maximum Gasteiger partial charge on any atom is 0.222 e. The van der Waals surface area contributed by atoms with Crippen LogP contribution in [0.1, 0.15) is 24.1 Å². The molecule has 1 heterocycles. The highest BCUT2D eigenvalue weighted by Gasteiger charge is 2.11. The third-order valence-corrected chi connectivity index (χ3v) is 3.05. The Morgan fingerprint density at radius 1 is 1.28 bits per heavy atom. The maximum atomic E-state index is 5.80. The second-order valence-corrected chi connectivity index (χ2v) is 4.51. The fourth-order valence-electron chi connectivity index (χ4n) is 1.93. The van der Waals surface area contributed by atoms with E-state index >= 15 is 0 Å². The first-order valence-electron chi connectivity index (χ1n) is 5.81. The molecule has 2 rings (SSSR count). The number of hydrogen-bond acceptors (Lipinski definition) is 3. The van der Waals surface area contributed by atoms with Gasteiger partial charge in [0.05, 0.1) is 7.11 Å². The van der Waals surface area contributed by atoms with E-state index in [9.17, 15) is 0 Å². The summed E-state index contributed by atoms with van der Waals surface area (Å²) in [6.45, 7) is 2.12. The Bertz CT molecular complexity index is 531. The van der Waals surface area contributed by atoms with E-state index in [4.69, 9.17) is 16.3 Å². The van der Waals surface area contributed by atoms with Gasteiger partial charge in [0.1, 0.15) is 5.75 Å². The van der Waals surface area contributed by atoms with Gasteiger partial charge in [-0.1, -0.05) is 25.1 Å². The quantitative estimate of drug-likeness (QED) is 0.791. The molecule has 0 saturated carbocycles. The van der Waals surface area contributed by atoms with Crippen molar-refractivity contribution in [2.75, 3.05) is 7.11 Å². The predicted octanol–water partition coefficient (Wildman–Crippen LogP) is 3.48. The Balaban J connectivity index is 2.18. The lowest BCUT2D eigenvalue weighted by molar-refractivity contribution is 0.408. The summed E-state index contributed by atoms with van der Waals surface area (Å²) >= 11 is 5.80. The number of halogens is 1. The lowest BCUT2D eigenvalue weighted by Gasteiger charge is -2.13. The van der Waals surface area contributed by atoms with Gasteiger partial charge < -0.3 is 4.74 Å². The third-order valence-electron chi connectivity index (χ3n) is 2.87. The molecule has 18 heavy (non-hydrogen) atoms. The van der Waals surface area contributed by atoms with E-state index in [2.05, 4.69) is 23.0 Å². The molecule has 1 aromatic carbocycles. The molecule has 0 spiro atoms. The van der Waals surface area contributed by atoms with Gasteiger partial charge in [0.2, 0.25) is 5.28 Å². The molecule has 1 atom stereocenters. The number of para-hydroxylation sites is 1. The highest BCUT2D eigenvalue weighted by Crippen LogP contribution is 2.25. The molecule has 1 unspecified atom stereocenters. The highest BCUT2D eigenvalue weighted by atomic mass is 35.5. The molecule has 1 aromatic heterocycles. The summed E-state index contributed by atoms with van der Waals surface area (Å²) in [6, 6.07) is 9.91. The van der Waals surface area contributed by atoms with Crippen LogP contribution in [0.15, 0.2) is 36.5 Å². The molecule has 0 N–H and O–H groups in total. The molecule has 0 radical (unpaired) electrons. The molecule has 0 aliphatic carbocycles. The lowest BCUT2D eigenvalue weighted by atomic mass is 9.97. The highest BCUT2D eigenvalue weighted by molar-refractivity contribution is 6.28. The van der Waals surface area contributed by atoms with Crippen LogP contribution in [0, 0.1) is 0 Å². The zero-order valence-corrected chi connectivity index (χ0v) is 11.2. The largest absolute Gasteiger partial charge is 0.496 e. The molecule has 2 aromatic rings. The summed E-state index contributed by atoms with van der Waals surface area (Å²) in [7, 11) is 1.69. The van der Waals surface area contributed by atoms with Crippen LogP contribution in [0.2, 0.25) is 5.28 Å².